The highest BCUT2D eigenvalue weighted by atomic mass is 16.2. The van der Waals surface area contributed by atoms with Gasteiger partial charge in [0.2, 0.25) is 5.91 Å². The monoisotopic (exact) mass is 269 g/mol. The zero-order valence-electron chi connectivity index (χ0n) is 13.0. The predicted molar refractivity (Wildman–Crippen MR) is 80.0 cm³/mol. The molecule has 0 unspecified atom stereocenters. The van der Waals surface area contributed by atoms with Crippen LogP contribution in [0.2, 0.25) is 0 Å². The number of amides is 1. The van der Waals surface area contributed by atoms with Gasteiger partial charge in [0, 0.05) is 25.0 Å². The van der Waals surface area contributed by atoms with Crippen molar-refractivity contribution in [3.8, 4) is 0 Å². The molecule has 1 amide bonds. The largest absolute Gasteiger partial charge is 0.343 e. The van der Waals surface area contributed by atoms with Crippen LogP contribution in [0.4, 0.5) is 0 Å². The van der Waals surface area contributed by atoms with Gasteiger partial charge in [0.1, 0.15) is 0 Å². The zero-order chi connectivity index (χ0) is 14.3. The van der Waals surface area contributed by atoms with Crippen molar-refractivity contribution < 1.29 is 4.79 Å². The van der Waals surface area contributed by atoms with E-state index in [2.05, 4.69) is 25.7 Å². The molecule has 1 aliphatic carbocycles. The van der Waals surface area contributed by atoms with Gasteiger partial charge in [-0.05, 0) is 52.2 Å². The molecule has 0 aliphatic heterocycles. The second kappa shape index (κ2) is 7.85. The third-order valence-corrected chi connectivity index (χ3v) is 4.38. The van der Waals surface area contributed by atoms with E-state index in [0.29, 0.717) is 6.42 Å². The van der Waals surface area contributed by atoms with E-state index in [1.165, 1.54) is 6.42 Å². The van der Waals surface area contributed by atoms with Crippen molar-refractivity contribution >= 4 is 5.91 Å². The van der Waals surface area contributed by atoms with Crippen LogP contribution in [0, 0.1) is 0 Å². The smallest absolute Gasteiger partial charge is 0.224 e. The van der Waals surface area contributed by atoms with Crippen molar-refractivity contribution in [2.45, 2.75) is 58.4 Å². The molecule has 0 radical (unpaired) electrons. The van der Waals surface area contributed by atoms with Crippen molar-refractivity contribution in [1.29, 1.82) is 0 Å². The topological polar surface area (TPSA) is 49.6 Å². The number of hydrogen-bond donors (Lipinski definition) is 1. The van der Waals surface area contributed by atoms with E-state index in [1.807, 2.05) is 4.90 Å². The summed E-state index contributed by atoms with van der Waals surface area (Å²) in [7, 11) is 0. The summed E-state index contributed by atoms with van der Waals surface area (Å²) in [5.74, 6) is 0.240. The van der Waals surface area contributed by atoms with Gasteiger partial charge in [-0.3, -0.25) is 4.79 Å². The van der Waals surface area contributed by atoms with E-state index < -0.39 is 0 Å². The lowest BCUT2D eigenvalue weighted by Crippen LogP contribution is -2.50. The first-order chi connectivity index (χ1) is 9.04. The Labute approximate surface area is 118 Å². The first kappa shape index (κ1) is 16.4. The fourth-order valence-electron chi connectivity index (χ4n) is 2.70. The van der Waals surface area contributed by atoms with Gasteiger partial charge in [0.25, 0.3) is 0 Å². The van der Waals surface area contributed by atoms with Gasteiger partial charge in [0.15, 0.2) is 0 Å². The first-order valence-corrected chi connectivity index (χ1v) is 7.83. The summed E-state index contributed by atoms with van der Waals surface area (Å²) in [6.45, 7) is 11.3. The Kier molecular flexibility index (Phi) is 6.80. The van der Waals surface area contributed by atoms with E-state index in [0.717, 1.165) is 52.0 Å². The van der Waals surface area contributed by atoms with Crippen LogP contribution in [-0.4, -0.2) is 54.0 Å². The van der Waals surface area contributed by atoms with E-state index in [4.69, 9.17) is 5.73 Å². The molecule has 1 fully saturated rings. The predicted octanol–water partition coefficient (Wildman–Crippen LogP) is 1.84. The Morgan fingerprint density at radius 3 is 2.16 bits per heavy atom. The zero-order valence-corrected chi connectivity index (χ0v) is 13.0. The van der Waals surface area contributed by atoms with Gasteiger partial charge in [-0.2, -0.15) is 0 Å². The molecule has 0 atom stereocenters. The van der Waals surface area contributed by atoms with Gasteiger partial charge in [-0.25, -0.2) is 0 Å². The standard InChI is InChI=1S/C15H31N3O/c1-4-17(5-2)11-8-12-18(6-3)14(19)13-15(16)9-7-10-15/h4-13,16H2,1-3H3. The van der Waals surface area contributed by atoms with Crippen LogP contribution in [0.15, 0.2) is 0 Å². The van der Waals surface area contributed by atoms with Gasteiger partial charge >= 0.3 is 0 Å². The molecule has 2 N–H and O–H groups in total. The van der Waals surface area contributed by atoms with Crippen LogP contribution in [0.5, 0.6) is 0 Å². The second-order valence-corrected chi connectivity index (χ2v) is 5.75. The number of nitrogens with two attached hydrogens (primary N) is 1. The second-order valence-electron chi connectivity index (χ2n) is 5.75. The lowest BCUT2D eigenvalue weighted by molar-refractivity contribution is -0.133. The number of hydrogen-bond acceptors (Lipinski definition) is 3. The molecule has 112 valence electrons. The average molecular weight is 269 g/mol. The summed E-state index contributed by atoms with van der Waals surface area (Å²) in [5, 5.41) is 0. The van der Waals surface area contributed by atoms with Gasteiger partial charge in [0.05, 0.1) is 0 Å². The first-order valence-electron chi connectivity index (χ1n) is 7.83. The highest BCUT2D eigenvalue weighted by Crippen LogP contribution is 2.32. The van der Waals surface area contributed by atoms with Gasteiger partial charge in [-0.15, -0.1) is 0 Å². The van der Waals surface area contributed by atoms with Crippen LogP contribution in [0.3, 0.4) is 0 Å². The molecule has 4 heteroatoms. The molecular weight excluding hydrogens is 238 g/mol. The maximum atomic E-state index is 12.2. The fourth-order valence-corrected chi connectivity index (χ4v) is 2.70. The van der Waals surface area contributed by atoms with Crippen molar-refractivity contribution in [1.82, 2.24) is 9.80 Å². The summed E-state index contributed by atoms with van der Waals surface area (Å²) >= 11 is 0. The van der Waals surface area contributed by atoms with Gasteiger partial charge < -0.3 is 15.5 Å². The van der Waals surface area contributed by atoms with Crippen molar-refractivity contribution in [2.75, 3.05) is 32.7 Å². The molecule has 0 aromatic rings. The van der Waals surface area contributed by atoms with Gasteiger partial charge in [-0.1, -0.05) is 13.8 Å². The van der Waals surface area contributed by atoms with E-state index in [-0.39, 0.29) is 11.4 Å². The average Bonchev–Trinajstić information content (AvgIpc) is 2.37. The molecule has 0 saturated heterocycles. The minimum Gasteiger partial charge on any atom is -0.343 e. The quantitative estimate of drug-likeness (QED) is 0.695. The van der Waals surface area contributed by atoms with Crippen LogP contribution in [0.25, 0.3) is 0 Å². The minimum absolute atomic E-state index is 0.191. The SMILES string of the molecule is CCN(CC)CCCN(CC)C(=O)CC1(N)CCC1. The summed E-state index contributed by atoms with van der Waals surface area (Å²) < 4.78 is 0. The normalized spacial score (nSPS) is 17.3. The molecule has 1 saturated carbocycles. The van der Waals surface area contributed by atoms with Crippen LogP contribution in [-0.2, 0) is 4.79 Å². The highest BCUT2D eigenvalue weighted by molar-refractivity contribution is 5.77. The lowest BCUT2D eigenvalue weighted by Gasteiger charge is -2.39. The number of rotatable bonds is 9. The van der Waals surface area contributed by atoms with E-state index >= 15 is 0 Å². The Balaban J connectivity index is 2.29. The third kappa shape index (κ3) is 5.11. The molecule has 0 aromatic carbocycles. The number of carbonyl (C=O) groups excluding carboxylic acids is 1. The summed E-state index contributed by atoms with van der Waals surface area (Å²) in [6, 6.07) is 0. The minimum atomic E-state index is -0.191. The van der Waals surface area contributed by atoms with Crippen molar-refractivity contribution in [2.24, 2.45) is 5.73 Å². The van der Waals surface area contributed by atoms with Crippen LogP contribution >= 0.6 is 0 Å². The Hall–Kier alpha value is -0.610. The molecule has 19 heavy (non-hydrogen) atoms. The molecule has 0 spiro atoms. The van der Waals surface area contributed by atoms with Crippen molar-refractivity contribution in [3.05, 3.63) is 0 Å². The highest BCUT2D eigenvalue weighted by Gasteiger charge is 2.35. The molecule has 1 rings (SSSR count). The Bertz CT molecular complexity index is 273. The molecule has 0 aromatic heterocycles. The van der Waals surface area contributed by atoms with Crippen LogP contribution in [0.1, 0.15) is 52.9 Å². The third-order valence-electron chi connectivity index (χ3n) is 4.38. The summed E-state index contributed by atoms with van der Waals surface area (Å²) in [5.41, 5.74) is 5.97. The summed E-state index contributed by atoms with van der Waals surface area (Å²) in [6.07, 6.45) is 4.79. The number of carbonyl (C=O) groups is 1. The van der Waals surface area contributed by atoms with E-state index in [1.54, 1.807) is 0 Å². The molecule has 4 nitrogen and oxygen atoms in total. The molecule has 0 bridgehead atoms. The number of nitrogens with zero attached hydrogens (tertiary/aromatic N) is 2. The van der Waals surface area contributed by atoms with Crippen molar-refractivity contribution in [3.63, 3.8) is 0 Å². The fraction of sp³-hybridized carbons (Fsp3) is 0.933. The Morgan fingerprint density at radius 1 is 1.11 bits per heavy atom. The van der Waals surface area contributed by atoms with E-state index in [9.17, 15) is 4.79 Å². The maximum Gasteiger partial charge on any atom is 0.224 e. The summed E-state index contributed by atoms with van der Waals surface area (Å²) in [4.78, 5) is 16.6. The maximum absolute atomic E-state index is 12.2. The molecule has 1 aliphatic rings. The lowest BCUT2D eigenvalue weighted by atomic mass is 9.75. The van der Waals surface area contributed by atoms with Crippen LogP contribution < -0.4 is 5.73 Å². The molecule has 0 heterocycles. The molecular formula is C15H31N3O. The Morgan fingerprint density at radius 2 is 1.74 bits per heavy atom.